The molecule has 5 heteroatoms. The maximum absolute atomic E-state index is 13.2. The molecule has 0 amide bonds. The summed E-state index contributed by atoms with van der Waals surface area (Å²) in [4.78, 5) is 0. The summed E-state index contributed by atoms with van der Waals surface area (Å²) in [6.45, 7) is 1.84. The van der Waals surface area contributed by atoms with E-state index < -0.39 is 9.84 Å². The van der Waals surface area contributed by atoms with E-state index in [0.29, 0.717) is 6.42 Å². The van der Waals surface area contributed by atoms with Crippen molar-refractivity contribution < 1.29 is 12.8 Å². The smallest absolute Gasteiger partial charge is 0.150 e. The molecule has 3 nitrogen and oxygen atoms in total. The summed E-state index contributed by atoms with van der Waals surface area (Å²) in [5.41, 5.74) is 8.06. The summed E-state index contributed by atoms with van der Waals surface area (Å²) < 4.78 is 36.6. The molecule has 0 aliphatic heterocycles. The van der Waals surface area contributed by atoms with E-state index in [1.165, 1.54) is 18.4 Å². The zero-order valence-electron chi connectivity index (χ0n) is 12.0. The third-order valence-electron chi connectivity index (χ3n) is 4.37. The Kier molecular flexibility index (Phi) is 4.49. The molecule has 1 aromatic carbocycles. The number of sulfone groups is 1. The molecule has 112 valence electrons. The average Bonchev–Trinajstić information content (AvgIpc) is 2.37. The highest BCUT2D eigenvalue weighted by Gasteiger charge is 2.32. The van der Waals surface area contributed by atoms with E-state index in [1.807, 2.05) is 6.92 Å². The van der Waals surface area contributed by atoms with Crippen molar-refractivity contribution in [3.63, 3.8) is 0 Å². The van der Waals surface area contributed by atoms with E-state index in [-0.39, 0.29) is 23.0 Å². The highest BCUT2D eigenvalue weighted by Crippen LogP contribution is 2.36. The third-order valence-corrected chi connectivity index (χ3v) is 6.01. The van der Waals surface area contributed by atoms with Crippen LogP contribution in [0.25, 0.3) is 0 Å². The maximum atomic E-state index is 13.2. The lowest BCUT2D eigenvalue weighted by Gasteiger charge is -2.32. The molecular weight excluding hydrogens is 277 g/mol. The number of benzene rings is 1. The van der Waals surface area contributed by atoms with Crippen molar-refractivity contribution >= 4 is 9.84 Å². The fourth-order valence-corrected chi connectivity index (χ4v) is 4.35. The topological polar surface area (TPSA) is 60.2 Å². The molecule has 0 aromatic heterocycles. The molecule has 20 heavy (non-hydrogen) atoms. The van der Waals surface area contributed by atoms with Crippen molar-refractivity contribution in [3.05, 3.63) is 35.1 Å². The van der Waals surface area contributed by atoms with E-state index in [1.54, 1.807) is 6.07 Å². The van der Waals surface area contributed by atoms with E-state index in [2.05, 4.69) is 0 Å². The van der Waals surface area contributed by atoms with Gasteiger partial charge in [-0.25, -0.2) is 12.8 Å². The Morgan fingerprint density at radius 1 is 1.35 bits per heavy atom. The van der Waals surface area contributed by atoms with Gasteiger partial charge in [0.2, 0.25) is 0 Å². The van der Waals surface area contributed by atoms with Crippen LogP contribution in [0.3, 0.4) is 0 Å². The molecule has 0 saturated heterocycles. The van der Waals surface area contributed by atoms with Crippen LogP contribution in [0.2, 0.25) is 0 Å². The number of hydrogen-bond donors (Lipinski definition) is 1. The molecule has 0 radical (unpaired) electrons. The van der Waals surface area contributed by atoms with Crippen LogP contribution < -0.4 is 5.73 Å². The predicted molar refractivity (Wildman–Crippen MR) is 78.7 cm³/mol. The molecule has 3 unspecified atom stereocenters. The van der Waals surface area contributed by atoms with Crippen LogP contribution in [0.15, 0.2) is 18.2 Å². The maximum Gasteiger partial charge on any atom is 0.150 e. The standard InChI is InChI=1S/C15H22FNO2S/c1-10-8-12(16)6-7-14(10)15(17)11-4-3-5-13(9-11)20(2,18)19/h6-8,11,13,15H,3-5,9,17H2,1-2H3. The molecule has 1 aromatic rings. The van der Waals surface area contributed by atoms with Gasteiger partial charge in [-0.1, -0.05) is 12.5 Å². The second kappa shape index (κ2) is 5.82. The molecule has 0 spiro atoms. The van der Waals surface area contributed by atoms with E-state index in [9.17, 15) is 12.8 Å². The van der Waals surface area contributed by atoms with Gasteiger partial charge in [0, 0.05) is 12.3 Å². The second-order valence-electron chi connectivity index (χ2n) is 5.90. The van der Waals surface area contributed by atoms with Gasteiger partial charge >= 0.3 is 0 Å². The highest BCUT2D eigenvalue weighted by atomic mass is 32.2. The monoisotopic (exact) mass is 299 g/mol. The molecule has 0 heterocycles. The van der Waals surface area contributed by atoms with Gasteiger partial charge in [-0.2, -0.15) is 0 Å². The Balaban J connectivity index is 2.18. The highest BCUT2D eigenvalue weighted by molar-refractivity contribution is 7.91. The number of rotatable bonds is 3. The summed E-state index contributed by atoms with van der Waals surface area (Å²) >= 11 is 0. The lowest BCUT2D eigenvalue weighted by Crippen LogP contribution is -2.33. The zero-order valence-corrected chi connectivity index (χ0v) is 12.8. The van der Waals surface area contributed by atoms with Crippen LogP contribution in [0.1, 0.15) is 42.9 Å². The molecule has 1 aliphatic carbocycles. The normalized spacial score (nSPS) is 25.4. The average molecular weight is 299 g/mol. The fourth-order valence-electron chi connectivity index (χ4n) is 3.16. The Morgan fingerprint density at radius 2 is 2.05 bits per heavy atom. The van der Waals surface area contributed by atoms with Gasteiger partial charge in [0.25, 0.3) is 0 Å². The first kappa shape index (κ1) is 15.4. The summed E-state index contributed by atoms with van der Waals surface area (Å²) in [7, 11) is -3.01. The van der Waals surface area contributed by atoms with Gasteiger partial charge in [0.05, 0.1) is 5.25 Å². The first-order chi connectivity index (χ1) is 9.29. The van der Waals surface area contributed by atoms with Crippen molar-refractivity contribution in [2.75, 3.05) is 6.26 Å². The van der Waals surface area contributed by atoms with E-state index in [0.717, 1.165) is 30.4 Å². The summed E-state index contributed by atoms with van der Waals surface area (Å²) in [5.74, 6) is -0.122. The fraction of sp³-hybridized carbons (Fsp3) is 0.600. The lowest BCUT2D eigenvalue weighted by molar-refractivity contribution is 0.308. The molecular formula is C15H22FNO2S. The lowest BCUT2D eigenvalue weighted by atomic mass is 9.80. The van der Waals surface area contributed by atoms with Crippen LogP contribution in [0.5, 0.6) is 0 Å². The number of nitrogens with two attached hydrogens (primary N) is 1. The summed E-state index contributed by atoms with van der Waals surface area (Å²) in [5, 5.41) is -0.284. The molecule has 1 fully saturated rings. The minimum Gasteiger partial charge on any atom is -0.324 e. The van der Waals surface area contributed by atoms with Crippen LogP contribution in [0, 0.1) is 18.7 Å². The van der Waals surface area contributed by atoms with Crippen LogP contribution in [-0.4, -0.2) is 19.9 Å². The van der Waals surface area contributed by atoms with Crippen LogP contribution in [-0.2, 0) is 9.84 Å². The molecule has 3 atom stereocenters. The van der Waals surface area contributed by atoms with Crippen molar-refractivity contribution in [3.8, 4) is 0 Å². The minimum atomic E-state index is -3.01. The summed E-state index contributed by atoms with van der Waals surface area (Å²) in [6.07, 6.45) is 4.45. The number of aryl methyl sites for hydroxylation is 1. The second-order valence-corrected chi connectivity index (χ2v) is 8.23. The Hall–Kier alpha value is -0.940. The molecule has 1 saturated carbocycles. The van der Waals surface area contributed by atoms with Gasteiger partial charge in [0.15, 0.2) is 0 Å². The SMILES string of the molecule is Cc1cc(F)ccc1C(N)C1CCCC(S(C)(=O)=O)C1. The van der Waals surface area contributed by atoms with Crippen molar-refractivity contribution in [1.29, 1.82) is 0 Å². The zero-order chi connectivity index (χ0) is 14.9. The van der Waals surface area contributed by atoms with Gasteiger partial charge < -0.3 is 5.73 Å². The molecule has 1 aliphatic rings. The molecule has 2 N–H and O–H groups in total. The van der Waals surface area contributed by atoms with E-state index >= 15 is 0 Å². The third kappa shape index (κ3) is 3.38. The quantitative estimate of drug-likeness (QED) is 0.933. The van der Waals surface area contributed by atoms with Gasteiger partial charge in [0.1, 0.15) is 15.7 Å². The largest absolute Gasteiger partial charge is 0.324 e. The minimum absolute atomic E-state index is 0.146. The first-order valence-electron chi connectivity index (χ1n) is 6.99. The van der Waals surface area contributed by atoms with Gasteiger partial charge in [-0.05, 0) is 55.4 Å². The number of halogens is 1. The van der Waals surface area contributed by atoms with E-state index in [4.69, 9.17) is 5.73 Å². The summed E-state index contributed by atoms with van der Waals surface area (Å²) in [6, 6.07) is 4.39. The Morgan fingerprint density at radius 3 is 2.65 bits per heavy atom. The number of hydrogen-bond acceptors (Lipinski definition) is 3. The Labute approximate surface area is 120 Å². The van der Waals surface area contributed by atoms with Crippen LogP contribution in [0.4, 0.5) is 4.39 Å². The predicted octanol–water partition coefficient (Wildman–Crippen LogP) is 2.74. The Bertz CT molecular complexity index is 586. The van der Waals surface area contributed by atoms with Crippen molar-refractivity contribution in [2.24, 2.45) is 11.7 Å². The molecule has 0 bridgehead atoms. The van der Waals surface area contributed by atoms with Gasteiger partial charge in [-0.15, -0.1) is 0 Å². The first-order valence-corrected chi connectivity index (χ1v) is 8.95. The van der Waals surface area contributed by atoms with Crippen molar-refractivity contribution in [1.82, 2.24) is 0 Å². The van der Waals surface area contributed by atoms with Crippen molar-refractivity contribution in [2.45, 2.75) is 43.9 Å². The van der Waals surface area contributed by atoms with Gasteiger partial charge in [-0.3, -0.25) is 0 Å². The molecule has 2 rings (SSSR count). The van der Waals surface area contributed by atoms with Crippen LogP contribution >= 0.6 is 0 Å².